The van der Waals surface area contributed by atoms with Crippen molar-refractivity contribution >= 4 is 5.91 Å². The van der Waals surface area contributed by atoms with Gasteiger partial charge in [-0.15, -0.1) is 0 Å². The number of benzene rings is 1. The van der Waals surface area contributed by atoms with Gasteiger partial charge in [0.2, 0.25) is 0 Å². The molecule has 0 radical (unpaired) electrons. The van der Waals surface area contributed by atoms with Gasteiger partial charge in [0.1, 0.15) is 5.82 Å². The smallest absolute Gasteiger partial charge is 0.336 e. The molecule has 6 heteroatoms. The molecule has 116 valence electrons. The van der Waals surface area contributed by atoms with Crippen LogP contribution in [0.15, 0.2) is 18.2 Å². The monoisotopic (exact) mass is 303 g/mol. The van der Waals surface area contributed by atoms with Gasteiger partial charge in [0.25, 0.3) is 5.91 Å². The number of halogens is 4. The quantitative estimate of drug-likeness (QED) is 0.764. The van der Waals surface area contributed by atoms with Crippen molar-refractivity contribution in [1.82, 2.24) is 4.90 Å². The topological polar surface area (TPSA) is 20.3 Å². The highest BCUT2D eigenvalue weighted by Crippen LogP contribution is 2.32. The summed E-state index contributed by atoms with van der Waals surface area (Å²) in [5.41, 5.74) is -1.51. The van der Waals surface area contributed by atoms with Gasteiger partial charge in [-0.3, -0.25) is 4.79 Å². The lowest BCUT2D eigenvalue weighted by Gasteiger charge is -2.28. The second-order valence-corrected chi connectivity index (χ2v) is 5.22. The molecule has 0 atom stereocenters. The van der Waals surface area contributed by atoms with Crippen LogP contribution < -0.4 is 0 Å². The number of alkyl halides is 3. The molecule has 0 unspecified atom stereocenters. The lowest BCUT2D eigenvalue weighted by molar-refractivity contribution is -0.140. The third kappa shape index (κ3) is 3.36. The fourth-order valence-electron chi connectivity index (χ4n) is 2.82. The number of carbonyl (C=O) groups is 1. The molecule has 1 aliphatic rings. The lowest BCUT2D eigenvalue weighted by atomic mass is 10.1. The minimum atomic E-state index is -4.80. The molecule has 1 amide bonds. The zero-order valence-corrected chi connectivity index (χ0v) is 11.7. The molecule has 0 aromatic heterocycles. The molecule has 0 aliphatic heterocycles. The Morgan fingerprint density at radius 1 is 1.29 bits per heavy atom. The van der Waals surface area contributed by atoms with Crippen molar-refractivity contribution < 1.29 is 22.4 Å². The summed E-state index contributed by atoms with van der Waals surface area (Å²) in [6, 6.07) is 2.50. The van der Waals surface area contributed by atoms with Gasteiger partial charge in [-0.1, -0.05) is 12.8 Å². The zero-order chi connectivity index (χ0) is 15.6. The Labute approximate surface area is 120 Å². The van der Waals surface area contributed by atoms with Crippen LogP contribution in [0, 0.1) is 5.82 Å². The summed E-state index contributed by atoms with van der Waals surface area (Å²) in [7, 11) is 0. The predicted octanol–water partition coefficient (Wildman–Crippen LogP) is 4.25. The number of amides is 1. The van der Waals surface area contributed by atoms with Gasteiger partial charge in [-0.05, 0) is 38.0 Å². The molecule has 0 saturated heterocycles. The highest BCUT2D eigenvalue weighted by atomic mass is 19.4. The Kier molecular flexibility index (Phi) is 4.54. The van der Waals surface area contributed by atoms with Crippen molar-refractivity contribution in [3.05, 3.63) is 35.1 Å². The van der Waals surface area contributed by atoms with Gasteiger partial charge in [0, 0.05) is 18.2 Å². The fourth-order valence-corrected chi connectivity index (χ4v) is 2.82. The maximum Gasteiger partial charge on any atom is 0.419 e. The van der Waals surface area contributed by atoms with Crippen LogP contribution in [0.4, 0.5) is 17.6 Å². The number of hydrogen-bond acceptors (Lipinski definition) is 1. The summed E-state index contributed by atoms with van der Waals surface area (Å²) in [5, 5.41) is 0. The van der Waals surface area contributed by atoms with Crippen molar-refractivity contribution in [3.63, 3.8) is 0 Å². The van der Waals surface area contributed by atoms with Crippen LogP contribution in [-0.4, -0.2) is 23.4 Å². The summed E-state index contributed by atoms with van der Waals surface area (Å²) >= 11 is 0. The third-order valence-electron chi connectivity index (χ3n) is 3.89. The first kappa shape index (κ1) is 15.8. The highest BCUT2D eigenvalue weighted by Gasteiger charge is 2.35. The van der Waals surface area contributed by atoms with E-state index in [-0.39, 0.29) is 11.6 Å². The Balaban J connectivity index is 2.30. The molecule has 1 fully saturated rings. The lowest BCUT2D eigenvalue weighted by Crippen LogP contribution is -2.38. The number of hydrogen-bond donors (Lipinski definition) is 0. The summed E-state index contributed by atoms with van der Waals surface area (Å²) < 4.78 is 51.4. The van der Waals surface area contributed by atoms with Gasteiger partial charge in [0.15, 0.2) is 0 Å². The van der Waals surface area contributed by atoms with E-state index in [4.69, 9.17) is 0 Å². The van der Waals surface area contributed by atoms with Gasteiger partial charge in [-0.25, -0.2) is 4.39 Å². The Bertz CT molecular complexity index is 521. The number of rotatable bonds is 3. The van der Waals surface area contributed by atoms with Gasteiger partial charge in [0.05, 0.1) is 5.56 Å². The Morgan fingerprint density at radius 3 is 2.43 bits per heavy atom. The maximum absolute atomic E-state index is 13.3. The molecular formula is C15H17F4NO. The van der Waals surface area contributed by atoms with E-state index in [1.807, 2.05) is 0 Å². The fraction of sp³-hybridized carbons (Fsp3) is 0.533. The van der Waals surface area contributed by atoms with E-state index >= 15 is 0 Å². The second-order valence-electron chi connectivity index (χ2n) is 5.22. The summed E-state index contributed by atoms with van der Waals surface area (Å²) in [4.78, 5) is 14.0. The van der Waals surface area contributed by atoms with Crippen LogP contribution in [0.3, 0.4) is 0 Å². The van der Waals surface area contributed by atoms with E-state index in [1.54, 1.807) is 11.8 Å². The SMILES string of the molecule is CCN(C(=O)c1ccc(F)c(C(F)(F)F)c1)C1CCCC1. The molecule has 0 spiro atoms. The first-order chi connectivity index (χ1) is 9.84. The van der Waals surface area contributed by atoms with E-state index in [0.717, 1.165) is 31.7 Å². The first-order valence-corrected chi connectivity index (χ1v) is 7.02. The summed E-state index contributed by atoms with van der Waals surface area (Å²) in [6.07, 6.45) is -1.03. The minimum Gasteiger partial charge on any atom is -0.336 e. The molecule has 2 rings (SSSR count). The molecule has 2 nitrogen and oxygen atoms in total. The predicted molar refractivity (Wildman–Crippen MR) is 70.4 cm³/mol. The van der Waals surface area contributed by atoms with E-state index in [9.17, 15) is 22.4 Å². The Hall–Kier alpha value is -1.59. The summed E-state index contributed by atoms with van der Waals surface area (Å²) in [5.74, 6) is -1.82. The first-order valence-electron chi connectivity index (χ1n) is 7.02. The Morgan fingerprint density at radius 2 is 1.90 bits per heavy atom. The second kappa shape index (κ2) is 6.03. The van der Waals surface area contributed by atoms with Crippen LogP contribution in [0.1, 0.15) is 48.5 Å². The van der Waals surface area contributed by atoms with Crippen molar-refractivity contribution in [2.24, 2.45) is 0 Å². The molecule has 1 aliphatic carbocycles. The van der Waals surface area contributed by atoms with Crippen LogP contribution in [0.2, 0.25) is 0 Å². The van der Waals surface area contributed by atoms with Crippen molar-refractivity contribution in [2.45, 2.75) is 44.8 Å². The molecule has 1 saturated carbocycles. The van der Waals surface area contributed by atoms with Crippen LogP contribution in [-0.2, 0) is 6.18 Å². The third-order valence-corrected chi connectivity index (χ3v) is 3.89. The zero-order valence-electron chi connectivity index (χ0n) is 11.7. The standard InChI is InChI=1S/C15H17F4NO/c1-2-20(11-5-3-4-6-11)14(21)10-7-8-13(16)12(9-10)15(17,18)19/h7-9,11H,2-6H2,1H3. The van der Waals surface area contributed by atoms with Gasteiger partial charge < -0.3 is 4.90 Å². The molecular weight excluding hydrogens is 286 g/mol. The van der Waals surface area contributed by atoms with Crippen molar-refractivity contribution in [2.75, 3.05) is 6.54 Å². The average molecular weight is 303 g/mol. The van der Waals surface area contributed by atoms with Gasteiger partial charge >= 0.3 is 6.18 Å². The van der Waals surface area contributed by atoms with Crippen molar-refractivity contribution in [1.29, 1.82) is 0 Å². The molecule has 1 aromatic rings. The summed E-state index contributed by atoms with van der Waals surface area (Å²) in [6.45, 7) is 2.23. The average Bonchev–Trinajstić information content (AvgIpc) is 2.92. The highest BCUT2D eigenvalue weighted by molar-refractivity contribution is 5.94. The van der Waals surface area contributed by atoms with Crippen molar-refractivity contribution in [3.8, 4) is 0 Å². The molecule has 1 aromatic carbocycles. The molecule has 21 heavy (non-hydrogen) atoms. The van der Waals surface area contributed by atoms with E-state index in [0.29, 0.717) is 18.7 Å². The van der Waals surface area contributed by atoms with Crippen LogP contribution in [0.5, 0.6) is 0 Å². The van der Waals surface area contributed by atoms with Crippen LogP contribution >= 0.6 is 0 Å². The number of nitrogens with zero attached hydrogens (tertiary/aromatic N) is 1. The minimum absolute atomic E-state index is 0.0712. The van der Waals surface area contributed by atoms with Gasteiger partial charge in [-0.2, -0.15) is 13.2 Å². The van der Waals surface area contributed by atoms with E-state index in [2.05, 4.69) is 0 Å². The van der Waals surface area contributed by atoms with Crippen LogP contribution in [0.25, 0.3) is 0 Å². The molecule has 0 N–H and O–H groups in total. The van der Waals surface area contributed by atoms with E-state index < -0.39 is 23.5 Å². The largest absolute Gasteiger partial charge is 0.419 e. The maximum atomic E-state index is 13.3. The normalized spacial score (nSPS) is 16.2. The van der Waals surface area contributed by atoms with E-state index in [1.165, 1.54) is 0 Å². The number of carbonyl (C=O) groups excluding carboxylic acids is 1. The molecule has 0 bridgehead atoms. The molecule has 0 heterocycles.